The number of carbonyl (C=O) groups excluding carboxylic acids is 6. The van der Waals surface area contributed by atoms with Crippen LogP contribution in [0.3, 0.4) is 0 Å². The topological polar surface area (TPSA) is 466 Å². The van der Waals surface area contributed by atoms with Gasteiger partial charge in [-0.05, 0) is 225 Å². The highest BCUT2D eigenvalue weighted by molar-refractivity contribution is 9.10. The molecule has 32 nitrogen and oxygen atoms in total. The molecule has 3 aliphatic heterocycles. The number of alkyl halides is 1. The van der Waals surface area contributed by atoms with E-state index >= 15 is 0 Å². The van der Waals surface area contributed by atoms with Crippen LogP contribution in [-0.4, -0.2) is 147 Å². The third kappa shape index (κ3) is 34.4. The number of rotatable bonds is 27. The number of ether oxygens (including phenoxy) is 1. The van der Waals surface area contributed by atoms with Gasteiger partial charge in [0.25, 0.3) is 28.9 Å². The zero-order valence-corrected chi connectivity index (χ0v) is 81.8. The third-order valence-corrected chi connectivity index (χ3v) is 22.4. The third-order valence-electron chi connectivity index (χ3n) is 21.1. The largest absolute Gasteiger partial charge is 0.496 e. The van der Waals surface area contributed by atoms with Gasteiger partial charge in [-0.1, -0.05) is 152 Å². The van der Waals surface area contributed by atoms with E-state index in [-0.39, 0.29) is 89.4 Å². The number of ketones is 2. The predicted octanol–water partition coefficient (Wildman–Crippen LogP) is 20.1. The van der Waals surface area contributed by atoms with E-state index in [1.807, 2.05) is 155 Å². The zero-order valence-electron chi connectivity index (χ0n) is 77.9. The van der Waals surface area contributed by atoms with Crippen LogP contribution in [0.1, 0.15) is 131 Å². The molecule has 9 N–H and O–H groups in total. The lowest BCUT2D eigenvalue weighted by Gasteiger charge is -2.32. The number of pyridine rings is 6. The number of amides is 2. The van der Waals surface area contributed by atoms with Crippen LogP contribution in [0.2, 0.25) is 0 Å². The standard InChI is InChI=1S/C18H18N2O2.C17H16N2O3.C15H17N3O2.C15H19N3.C11H16BNO2.C11H9N3O2.C6H5BrN2O2.C4H9Br.C4H5ClO3/c1-2-3-9-20-16-7-6-13(14-5-4-8-19-12-14)10-15(16)11-17(21)18(20)22;20-8-2-7-19-15-5-4-12(13-3-1-6-18-11-13)9-14(15)10-16(21)17(19)22;1-2-3-9-17-14-7-6-12(10-15(14)18(19)20)13-5-4-8-16-11-13;1-2-3-9-18-15-7-6-12(10-14(15)16)13-5-4-8-17-11-13;1-10(2)11(3,4)15-12(14-10)9-6-5-7-13-8-9;12-10-4-3-8(6-11(10)14(15)16)9-2-1-5-13-7-9;7-4-1-2-5(8)6(3-4)9(10)11;1-2-3-4-5;1-2-8-4(7)3(5)6/h4-8,10,12H,2-3,9,11H2,1H3;1,3-6,9,11,20H,2,7-8,10H2;4-8,10-11,17H,2-3,9H2,1H3;4-8,10-11,18H,2-3,9,16H2,1H3;5-8H,1-4H3;1-7H,12H2;1-3H,8H2;2-4H2,1H3;2H2,1H3. The van der Waals surface area contributed by atoms with Crippen LogP contribution >= 0.6 is 43.5 Å². The number of aliphatic hydroxyl groups is 1. The Kier molecular flexibility index (Phi) is 45.8. The van der Waals surface area contributed by atoms with Crippen molar-refractivity contribution >= 4 is 148 Å². The predicted molar refractivity (Wildman–Crippen MR) is 547 cm³/mol. The first-order valence-corrected chi connectivity index (χ1v) is 46.7. The fraction of sp³-hybridized carbons (Fsp3) is 0.287. The molecule has 0 aliphatic carbocycles. The molecule has 718 valence electrons. The molecule has 3 aliphatic rings. The summed E-state index contributed by atoms with van der Waals surface area (Å²) in [5.74, 6) is -2.60. The second kappa shape index (κ2) is 57.0. The number of nitrogens with two attached hydrogens (primary N) is 3. The minimum absolute atomic E-state index is 0.0128. The Labute approximate surface area is 819 Å². The van der Waals surface area contributed by atoms with Crippen molar-refractivity contribution in [1.29, 1.82) is 0 Å². The maximum atomic E-state index is 12.1. The number of esters is 1. The van der Waals surface area contributed by atoms with Gasteiger partial charge in [0.05, 0.1) is 44.0 Å². The number of nitrogen functional groups attached to an aromatic ring is 3. The number of nitrogens with one attached hydrogen (secondary N) is 2. The molecular weight excluding hydrogens is 1900 g/mol. The molecule has 137 heavy (non-hydrogen) atoms. The normalized spacial score (nSPS) is 12.6. The average Bonchev–Trinajstić information content (AvgIpc) is 1.77. The number of nitro groups is 3. The van der Waals surface area contributed by atoms with Crippen molar-refractivity contribution in [3.8, 4) is 55.6 Å². The lowest BCUT2D eigenvalue weighted by Crippen LogP contribution is -2.42. The van der Waals surface area contributed by atoms with E-state index in [9.17, 15) is 59.1 Å². The minimum Gasteiger partial charge on any atom is -0.459 e. The van der Waals surface area contributed by atoms with Crippen LogP contribution in [0.25, 0.3) is 55.6 Å². The van der Waals surface area contributed by atoms with Gasteiger partial charge in [0.1, 0.15) is 17.1 Å². The van der Waals surface area contributed by atoms with E-state index in [4.69, 9.17) is 43.2 Å². The average molecular weight is 2010 g/mol. The molecule has 6 aromatic carbocycles. The number of unbranched alkanes of at least 4 members (excludes halogenated alkanes) is 4. The Morgan fingerprint density at radius 1 is 0.467 bits per heavy atom. The second-order valence-electron chi connectivity index (χ2n) is 31.7. The summed E-state index contributed by atoms with van der Waals surface area (Å²) in [5.41, 5.74) is 32.7. The molecule has 9 heterocycles. The van der Waals surface area contributed by atoms with Gasteiger partial charge in [0.15, 0.2) is 0 Å². The molecule has 6 aromatic heterocycles. The maximum absolute atomic E-state index is 12.1. The van der Waals surface area contributed by atoms with Gasteiger partial charge in [-0.15, -0.1) is 0 Å². The van der Waals surface area contributed by atoms with Crippen molar-refractivity contribution in [3.05, 3.63) is 302 Å². The number of halogens is 3. The summed E-state index contributed by atoms with van der Waals surface area (Å²) in [5, 5.41) is 47.7. The monoisotopic (exact) mass is 2010 g/mol. The first-order chi connectivity index (χ1) is 65.7. The first kappa shape index (κ1) is 110. The number of anilines is 7. The van der Waals surface area contributed by atoms with Gasteiger partial charge in [-0.2, -0.15) is 0 Å². The van der Waals surface area contributed by atoms with Crippen LogP contribution < -0.4 is 43.1 Å². The SMILES string of the molecule is CC1(C)OB(c2cccnc2)OC1(C)C.CCCCBr.CCCCN1C(=O)C(=O)Cc2cc(-c3cccnc3)ccc21.CCCCNc1ccc(-c2cccnc2)cc1N.CCCCNc1ccc(-c2cccnc2)cc1[N+](=O)[O-].CCOC(=O)C(=O)Cl.Nc1ccc(-c2cccnc2)cc1[N+](=O)[O-].Nc1ccc(Br)cc1[N+](=O)[O-].O=C1Cc2cc(-c3cccnc3)ccc2N(CCCO)C1=O. The molecule has 36 heteroatoms. The van der Waals surface area contributed by atoms with Gasteiger partial charge in [-0.3, -0.25) is 84.2 Å². The summed E-state index contributed by atoms with van der Waals surface area (Å²) >= 11 is 11.1. The van der Waals surface area contributed by atoms with E-state index in [2.05, 4.69) is 111 Å². The Morgan fingerprint density at radius 2 is 0.832 bits per heavy atom. The number of nitro benzene ring substituents is 3. The Morgan fingerprint density at radius 3 is 1.18 bits per heavy atom. The Hall–Kier alpha value is -14.0. The molecule has 1 fully saturated rings. The molecule has 0 atom stereocenters. The van der Waals surface area contributed by atoms with Crippen molar-refractivity contribution in [2.45, 2.75) is 144 Å². The number of carbonyl (C=O) groups is 6. The van der Waals surface area contributed by atoms with Crippen molar-refractivity contribution < 1.29 is 62.7 Å². The van der Waals surface area contributed by atoms with Crippen molar-refractivity contribution in [2.75, 3.05) is 82.4 Å². The van der Waals surface area contributed by atoms with Crippen molar-refractivity contribution in [3.63, 3.8) is 0 Å². The fourth-order valence-electron chi connectivity index (χ4n) is 13.1. The van der Waals surface area contributed by atoms with E-state index in [0.29, 0.717) is 29.7 Å². The number of aromatic nitrogens is 6. The number of aliphatic hydroxyl groups excluding tert-OH is 1. The zero-order chi connectivity index (χ0) is 100.0. The van der Waals surface area contributed by atoms with Crippen LogP contribution in [0.4, 0.5) is 56.9 Å². The van der Waals surface area contributed by atoms with Gasteiger partial charge in [0.2, 0.25) is 11.6 Å². The van der Waals surface area contributed by atoms with Crippen LogP contribution in [0.15, 0.2) is 261 Å². The highest BCUT2D eigenvalue weighted by Crippen LogP contribution is 2.39. The van der Waals surface area contributed by atoms with Gasteiger partial charge in [-0.25, -0.2) is 4.79 Å². The maximum Gasteiger partial charge on any atom is 0.496 e. The van der Waals surface area contributed by atoms with Gasteiger partial charge >= 0.3 is 18.3 Å². The summed E-state index contributed by atoms with van der Waals surface area (Å²) in [6, 6.07) is 55.0. The molecule has 12 aromatic rings. The van der Waals surface area contributed by atoms with Crippen LogP contribution in [0.5, 0.6) is 0 Å². The number of Topliss-reactive ketones (excluding diaryl/α,β-unsaturated/α-hetero) is 2. The molecule has 0 bridgehead atoms. The summed E-state index contributed by atoms with van der Waals surface area (Å²) in [6.45, 7) is 21.1. The summed E-state index contributed by atoms with van der Waals surface area (Å²) in [4.78, 5) is 126. The number of nitrogens with zero attached hydrogens (tertiary/aromatic N) is 11. The van der Waals surface area contributed by atoms with Gasteiger partial charge < -0.3 is 56.8 Å². The van der Waals surface area contributed by atoms with E-state index < -0.39 is 32.7 Å². The van der Waals surface area contributed by atoms with Crippen molar-refractivity contribution in [2.24, 2.45) is 0 Å². The quantitative estimate of drug-likeness (QED) is 0.00320. The van der Waals surface area contributed by atoms with E-state index in [1.54, 1.807) is 110 Å². The van der Waals surface area contributed by atoms with Crippen molar-refractivity contribution in [1.82, 2.24) is 29.9 Å². The number of hydrogen-bond acceptors (Lipinski definition) is 27. The Balaban J connectivity index is 0.000000215. The molecule has 1 saturated heterocycles. The Bertz CT molecular complexity index is 5800. The highest BCUT2D eigenvalue weighted by Gasteiger charge is 2.52. The molecule has 0 unspecified atom stereocenters. The molecular formula is C101H114BBr2ClN16O16. The molecule has 0 radical (unpaired) electrons. The number of fused-ring (bicyclic) bond motifs is 2. The fourth-order valence-corrected chi connectivity index (χ4v) is 14.1. The lowest BCUT2D eigenvalue weighted by molar-refractivity contribution is -0.384. The molecule has 2 amide bonds. The lowest BCUT2D eigenvalue weighted by atomic mass is 9.80. The minimum atomic E-state index is -1.08. The molecule has 15 rings (SSSR count). The summed E-state index contributed by atoms with van der Waals surface area (Å²) < 4.78 is 16.6. The summed E-state index contributed by atoms with van der Waals surface area (Å²) in [7, 11) is -0.302. The number of benzene rings is 6. The molecule has 0 spiro atoms. The van der Waals surface area contributed by atoms with Gasteiger partial charge in [0, 0.05) is 182 Å². The molecule has 0 saturated carbocycles. The highest BCUT2D eigenvalue weighted by atomic mass is 79.9. The van der Waals surface area contributed by atoms with Crippen LogP contribution in [-0.2, 0) is 55.7 Å². The summed E-state index contributed by atoms with van der Waals surface area (Å²) in [6.07, 6.45) is 30.4. The smallest absolute Gasteiger partial charge is 0.459 e. The van der Waals surface area contributed by atoms with Crippen LogP contribution in [0, 0.1) is 30.3 Å². The van der Waals surface area contributed by atoms with E-state index in [0.717, 1.165) is 145 Å². The first-order valence-electron chi connectivity index (χ1n) is 44.4. The second-order valence-corrected chi connectivity index (χ2v) is 33.7. The number of hydrogen-bond donors (Lipinski definition) is 6. The van der Waals surface area contributed by atoms with E-state index in [1.165, 1.54) is 48.4 Å².